The molecule has 3 atom stereocenters. The highest BCUT2D eigenvalue weighted by Crippen LogP contribution is 2.32. The van der Waals surface area contributed by atoms with Gasteiger partial charge < -0.3 is 15.2 Å². The first-order valence-electron chi connectivity index (χ1n) is 7.89. The van der Waals surface area contributed by atoms with Crippen LogP contribution in [0.15, 0.2) is 24.3 Å². The molecule has 118 valence electrons. The summed E-state index contributed by atoms with van der Waals surface area (Å²) in [6.07, 6.45) is 1.43. The number of methoxy groups -OCH3 is 1. The molecule has 21 heavy (non-hydrogen) atoms. The number of nitrogens with zero attached hydrogens (tertiary/aromatic N) is 1. The summed E-state index contributed by atoms with van der Waals surface area (Å²) in [6, 6.07) is 8.42. The van der Waals surface area contributed by atoms with Crippen molar-refractivity contribution in [3.63, 3.8) is 0 Å². The maximum Gasteiger partial charge on any atom is 0.124 e. The maximum atomic E-state index is 6.08. The van der Waals surface area contributed by atoms with Crippen molar-refractivity contribution < 1.29 is 9.47 Å². The molecule has 2 N–H and O–H groups in total. The Kier molecular flexibility index (Phi) is 6.03. The smallest absolute Gasteiger partial charge is 0.124 e. The van der Waals surface area contributed by atoms with Crippen molar-refractivity contribution in [2.75, 3.05) is 33.4 Å². The number of piperidine rings is 1. The summed E-state index contributed by atoms with van der Waals surface area (Å²) in [4.78, 5) is 2.44. The highest BCUT2D eigenvalue weighted by Gasteiger charge is 2.31. The minimum Gasteiger partial charge on any atom is -0.494 e. The molecule has 1 aromatic rings. The molecule has 1 aliphatic rings. The van der Waals surface area contributed by atoms with Crippen molar-refractivity contribution in [3.05, 3.63) is 29.8 Å². The summed E-state index contributed by atoms with van der Waals surface area (Å²) < 4.78 is 11.4. The Labute approximate surface area is 128 Å². The molecule has 0 spiro atoms. The van der Waals surface area contributed by atoms with Gasteiger partial charge in [-0.1, -0.05) is 25.1 Å². The van der Waals surface area contributed by atoms with Gasteiger partial charge in [0.05, 0.1) is 18.8 Å². The van der Waals surface area contributed by atoms with Crippen molar-refractivity contribution >= 4 is 0 Å². The molecule has 4 nitrogen and oxygen atoms in total. The molecule has 1 fully saturated rings. The Bertz CT molecular complexity index is 439. The van der Waals surface area contributed by atoms with Crippen molar-refractivity contribution in [2.24, 2.45) is 11.7 Å². The fourth-order valence-corrected chi connectivity index (χ4v) is 3.16. The molecule has 2 rings (SSSR count). The summed E-state index contributed by atoms with van der Waals surface area (Å²) in [7, 11) is 1.80. The first kappa shape index (κ1) is 16.3. The van der Waals surface area contributed by atoms with E-state index in [1.807, 2.05) is 19.1 Å². The zero-order chi connectivity index (χ0) is 15.2. The van der Waals surface area contributed by atoms with Gasteiger partial charge in [0, 0.05) is 25.8 Å². The average molecular weight is 292 g/mol. The maximum absolute atomic E-state index is 6.08. The van der Waals surface area contributed by atoms with Crippen LogP contribution in [-0.2, 0) is 4.74 Å². The lowest BCUT2D eigenvalue weighted by Crippen LogP contribution is -2.47. The number of hydrogen-bond acceptors (Lipinski definition) is 4. The first-order valence-corrected chi connectivity index (χ1v) is 7.89. The fraction of sp³-hybridized carbons (Fsp3) is 0.647. The predicted octanol–water partition coefficient (Wildman–Crippen LogP) is 2.44. The molecule has 0 radical (unpaired) electrons. The van der Waals surface area contributed by atoms with Gasteiger partial charge in [0.25, 0.3) is 0 Å². The number of nitrogens with two attached hydrogens (primary N) is 1. The molecule has 3 unspecified atom stereocenters. The Morgan fingerprint density at radius 3 is 2.81 bits per heavy atom. The number of ether oxygens (including phenoxy) is 2. The van der Waals surface area contributed by atoms with Gasteiger partial charge in [-0.15, -0.1) is 0 Å². The number of para-hydroxylation sites is 1. The number of rotatable bonds is 6. The van der Waals surface area contributed by atoms with E-state index in [9.17, 15) is 0 Å². The van der Waals surface area contributed by atoms with Crippen molar-refractivity contribution in [3.8, 4) is 5.75 Å². The zero-order valence-electron chi connectivity index (χ0n) is 13.4. The van der Waals surface area contributed by atoms with Gasteiger partial charge in [-0.05, 0) is 31.9 Å². The Morgan fingerprint density at radius 1 is 1.38 bits per heavy atom. The fourth-order valence-electron chi connectivity index (χ4n) is 3.16. The van der Waals surface area contributed by atoms with Crippen molar-refractivity contribution in [1.82, 2.24) is 4.90 Å². The van der Waals surface area contributed by atoms with Crippen LogP contribution in [0, 0.1) is 5.92 Å². The third-order valence-corrected chi connectivity index (χ3v) is 4.47. The summed E-state index contributed by atoms with van der Waals surface area (Å²) >= 11 is 0. The molecule has 0 aliphatic carbocycles. The molecular weight excluding hydrogens is 264 g/mol. The molecule has 1 heterocycles. The average Bonchev–Trinajstić information content (AvgIpc) is 2.51. The van der Waals surface area contributed by atoms with Gasteiger partial charge in [0.15, 0.2) is 0 Å². The molecule has 1 saturated heterocycles. The molecule has 1 aromatic carbocycles. The quantitative estimate of drug-likeness (QED) is 0.875. The summed E-state index contributed by atoms with van der Waals surface area (Å²) in [5, 5.41) is 0. The minimum atomic E-state index is 0.192. The normalized spacial score (nSPS) is 24.8. The SMILES string of the molecule is CCOc1ccccc1C(CN)N1CCC(C)C(OC)C1. The molecule has 0 aromatic heterocycles. The van der Waals surface area contributed by atoms with Gasteiger partial charge in [-0.2, -0.15) is 0 Å². The number of likely N-dealkylation sites (tertiary alicyclic amines) is 1. The lowest BCUT2D eigenvalue weighted by atomic mass is 9.93. The van der Waals surface area contributed by atoms with Gasteiger partial charge in [0.2, 0.25) is 0 Å². The van der Waals surface area contributed by atoms with Crippen LogP contribution in [0.3, 0.4) is 0 Å². The van der Waals surface area contributed by atoms with E-state index in [4.69, 9.17) is 15.2 Å². The first-order chi connectivity index (χ1) is 10.2. The molecule has 0 saturated carbocycles. The lowest BCUT2D eigenvalue weighted by Gasteiger charge is -2.40. The topological polar surface area (TPSA) is 47.7 Å². The van der Waals surface area contributed by atoms with Gasteiger partial charge in [-0.3, -0.25) is 4.90 Å². The van der Waals surface area contributed by atoms with Crippen LogP contribution < -0.4 is 10.5 Å². The molecule has 0 amide bonds. The number of benzene rings is 1. The second-order valence-corrected chi connectivity index (χ2v) is 5.76. The van der Waals surface area contributed by atoms with E-state index >= 15 is 0 Å². The van der Waals surface area contributed by atoms with Crippen LogP contribution in [-0.4, -0.2) is 44.4 Å². The van der Waals surface area contributed by atoms with Gasteiger partial charge >= 0.3 is 0 Å². The van der Waals surface area contributed by atoms with Crippen LogP contribution in [0.1, 0.15) is 31.9 Å². The van der Waals surface area contributed by atoms with Gasteiger partial charge in [0.1, 0.15) is 5.75 Å². The Hall–Kier alpha value is -1.10. The Balaban J connectivity index is 2.19. The van der Waals surface area contributed by atoms with Crippen LogP contribution >= 0.6 is 0 Å². The molecule has 4 heteroatoms. The van der Waals surface area contributed by atoms with E-state index in [1.165, 1.54) is 5.56 Å². The van der Waals surface area contributed by atoms with E-state index in [0.717, 1.165) is 25.3 Å². The van der Waals surface area contributed by atoms with Crippen LogP contribution in [0.25, 0.3) is 0 Å². The van der Waals surface area contributed by atoms with E-state index in [0.29, 0.717) is 19.1 Å². The van der Waals surface area contributed by atoms with E-state index < -0.39 is 0 Å². The van der Waals surface area contributed by atoms with Crippen molar-refractivity contribution in [2.45, 2.75) is 32.4 Å². The molecule has 0 bridgehead atoms. The molecular formula is C17H28N2O2. The summed E-state index contributed by atoms with van der Waals surface area (Å²) in [5.74, 6) is 1.55. The summed E-state index contributed by atoms with van der Waals surface area (Å²) in [6.45, 7) is 7.53. The number of hydrogen-bond donors (Lipinski definition) is 1. The zero-order valence-corrected chi connectivity index (χ0v) is 13.4. The van der Waals surface area contributed by atoms with E-state index in [-0.39, 0.29) is 12.1 Å². The van der Waals surface area contributed by atoms with Gasteiger partial charge in [-0.25, -0.2) is 0 Å². The summed E-state index contributed by atoms with van der Waals surface area (Å²) in [5.41, 5.74) is 7.27. The molecule has 1 aliphatic heterocycles. The van der Waals surface area contributed by atoms with E-state index in [1.54, 1.807) is 7.11 Å². The largest absolute Gasteiger partial charge is 0.494 e. The lowest BCUT2D eigenvalue weighted by molar-refractivity contribution is -0.0186. The monoisotopic (exact) mass is 292 g/mol. The highest BCUT2D eigenvalue weighted by molar-refractivity contribution is 5.36. The second-order valence-electron chi connectivity index (χ2n) is 5.76. The minimum absolute atomic E-state index is 0.192. The standard InChI is InChI=1S/C17H28N2O2/c1-4-21-16-8-6-5-7-14(16)15(11-18)19-10-9-13(2)17(12-19)20-3/h5-8,13,15,17H,4,9-12,18H2,1-3H3. The van der Waals surface area contributed by atoms with Crippen LogP contribution in [0.2, 0.25) is 0 Å². The second kappa shape index (κ2) is 7.78. The third-order valence-electron chi connectivity index (χ3n) is 4.47. The van der Waals surface area contributed by atoms with Crippen LogP contribution in [0.5, 0.6) is 5.75 Å². The van der Waals surface area contributed by atoms with Crippen LogP contribution in [0.4, 0.5) is 0 Å². The highest BCUT2D eigenvalue weighted by atomic mass is 16.5. The predicted molar refractivity (Wildman–Crippen MR) is 85.6 cm³/mol. The third kappa shape index (κ3) is 3.76. The van der Waals surface area contributed by atoms with E-state index in [2.05, 4.69) is 24.0 Å². The van der Waals surface area contributed by atoms with Crippen molar-refractivity contribution in [1.29, 1.82) is 0 Å². The Morgan fingerprint density at radius 2 is 2.14 bits per heavy atom.